The van der Waals surface area contributed by atoms with Crippen molar-refractivity contribution in [2.75, 3.05) is 23.9 Å². The van der Waals surface area contributed by atoms with Crippen LogP contribution in [0.15, 0.2) is 49.1 Å². The van der Waals surface area contributed by atoms with E-state index in [0.717, 1.165) is 22.4 Å². The number of anilines is 2. The predicted molar refractivity (Wildman–Crippen MR) is 141 cm³/mol. The molecule has 0 saturated carbocycles. The van der Waals surface area contributed by atoms with Crippen LogP contribution in [0.5, 0.6) is 0 Å². The predicted octanol–water partition coefficient (Wildman–Crippen LogP) is 5.94. The van der Waals surface area contributed by atoms with Gasteiger partial charge in [-0.05, 0) is 44.9 Å². The van der Waals surface area contributed by atoms with Crippen molar-refractivity contribution < 1.29 is 24.1 Å². The molecule has 0 amide bonds. The Morgan fingerprint density at radius 1 is 0.667 bits per heavy atom. The molecule has 3 aromatic rings. The summed E-state index contributed by atoms with van der Waals surface area (Å²) in [5.41, 5.74) is 6.68. The summed E-state index contributed by atoms with van der Waals surface area (Å²) in [5.74, 6) is 0. The summed E-state index contributed by atoms with van der Waals surface area (Å²) in [6.07, 6.45) is 8.11. The summed E-state index contributed by atoms with van der Waals surface area (Å²) < 4.78 is 7.50. The molecular weight excluding hydrogens is 537 g/mol. The summed E-state index contributed by atoms with van der Waals surface area (Å²) in [7, 11) is 3.98. The molecule has 0 N–H and O–H groups in total. The number of benzene rings is 2. The molecule has 189 valence electrons. The van der Waals surface area contributed by atoms with E-state index in [1.807, 2.05) is 48.7 Å². The van der Waals surface area contributed by atoms with Gasteiger partial charge in [0, 0.05) is 69.7 Å². The largest absolute Gasteiger partial charge is 0 e. The van der Waals surface area contributed by atoms with Crippen LogP contribution in [0.25, 0.3) is 21.8 Å². The molecule has 2 aliphatic heterocycles. The number of rotatable bonds is 2. The average molecular weight is 570 g/mol. The van der Waals surface area contributed by atoms with Gasteiger partial charge in [0.2, 0.25) is 13.3 Å². The second kappa shape index (κ2) is 9.97. The molecule has 0 bridgehead atoms. The molecule has 2 aliphatic rings. The summed E-state index contributed by atoms with van der Waals surface area (Å²) in [4.78, 5) is 13.2. The van der Waals surface area contributed by atoms with Gasteiger partial charge in [-0.15, -0.1) is 11.0 Å². The second-order valence-electron chi connectivity index (χ2n) is 11.2. The van der Waals surface area contributed by atoms with Gasteiger partial charge in [0.25, 0.3) is 0 Å². The van der Waals surface area contributed by atoms with Crippen LogP contribution in [0.4, 0.5) is 11.4 Å². The van der Waals surface area contributed by atoms with Crippen molar-refractivity contribution in [3.8, 4) is 0 Å². The summed E-state index contributed by atoms with van der Waals surface area (Å²) in [5, 5.41) is 2.36. The molecule has 0 atom stereocenters. The molecule has 5 rings (SSSR count). The molecule has 0 spiro atoms. The van der Waals surface area contributed by atoms with E-state index in [1.165, 1.54) is 21.9 Å². The number of hydrogen-bond donors (Lipinski definition) is 0. The zero-order valence-corrected chi connectivity index (χ0v) is 23.7. The monoisotopic (exact) mass is 569 g/mol. The number of hydrogen-bond acceptors (Lipinski definition) is 4. The number of nitrogens with zero attached hydrogens (tertiary/aromatic N) is 5. The van der Waals surface area contributed by atoms with Crippen LogP contribution >= 0.6 is 0 Å². The molecule has 0 fully saturated rings. The van der Waals surface area contributed by atoms with E-state index in [-0.39, 0.29) is 30.3 Å². The molecule has 6 nitrogen and oxygen atoms in total. The van der Waals surface area contributed by atoms with Gasteiger partial charge in [-0.25, -0.2) is 0 Å². The zero-order chi connectivity index (χ0) is 25.7. The summed E-state index contributed by atoms with van der Waals surface area (Å²) in [6.45, 7) is 24.8. The normalized spacial score (nSPS) is 15.6. The number of aromatic nitrogens is 1. The van der Waals surface area contributed by atoms with Crippen molar-refractivity contribution in [2.45, 2.75) is 52.4 Å². The first-order valence-electron chi connectivity index (χ1n) is 11.6. The molecule has 5 radical (unpaired) electrons. The van der Waals surface area contributed by atoms with Gasteiger partial charge in [0.1, 0.15) is 0 Å². The van der Waals surface area contributed by atoms with Crippen LogP contribution < -0.4 is 14.8 Å². The van der Waals surface area contributed by atoms with Crippen LogP contribution in [0.1, 0.15) is 52.7 Å². The van der Waals surface area contributed by atoms with Crippen molar-refractivity contribution in [3.63, 3.8) is 0 Å². The minimum atomic E-state index is 0. The minimum absolute atomic E-state index is 0. The molecule has 3 heterocycles. The smallest absolute Gasteiger partial charge is 0 e. The molecule has 0 unspecified atom stereocenters. The maximum absolute atomic E-state index is 7.50. The van der Waals surface area contributed by atoms with Gasteiger partial charge in [0.05, 0.1) is 0 Å². The number of fused-ring (bicyclic) bond motifs is 3. The van der Waals surface area contributed by atoms with Crippen LogP contribution in [0.3, 0.4) is 0 Å². The van der Waals surface area contributed by atoms with Gasteiger partial charge in [-0.2, -0.15) is 0 Å². The molecule has 36 heavy (non-hydrogen) atoms. The van der Waals surface area contributed by atoms with E-state index in [0.29, 0.717) is 0 Å². The summed E-state index contributed by atoms with van der Waals surface area (Å²) >= 11 is 0. The van der Waals surface area contributed by atoms with E-state index in [2.05, 4.69) is 95.6 Å². The standard InChI is InChI=1S/C28H32N5.CO.Rh/c1-27(2,3)19-13-21-22-14-20(28(4,5)6)16-24(33-12-10-31(8)18-33)26(22)29-25(21)23(15-19)32-11-9-30(7)17-32;1-2;/h9-16H,1-8H3;;/q-1;;. The fourth-order valence-electron chi connectivity index (χ4n) is 4.30. The van der Waals surface area contributed by atoms with Crippen LogP contribution in [0.2, 0.25) is 0 Å². The molecule has 0 saturated heterocycles. The van der Waals surface area contributed by atoms with Crippen molar-refractivity contribution in [2.24, 2.45) is 0 Å². The van der Waals surface area contributed by atoms with E-state index in [9.17, 15) is 0 Å². The van der Waals surface area contributed by atoms with Crippen LogP contribution in [-0.2, 0) is 35.0 Å². The average Bonchev–Trinajstić information content (AvgIpc) is 3.50. The van der Waals surface area contributed by atoms with Crippen LogP contribution in [0, 0.1) is 20.0 Å². The Labute approximate surface area is 228 Å². The Kier molecular flexibility index (Phi) is 7.72. The third-order valence-corrected chi connectivity index (χ3v) is 6.35. The molecule has 1 aromatic heterocycles. The Hall–Kier alpha value is -2.72. The Morgan fingerprint density at radius 3 is 1.31 bits per heavy atom. The van der Waals surface area contributed by atoms with E-state index in [1.54, 1.807) is 0 Å². The van der Waals surface area contributed by atoms with Crippen LogP contribution in [-0.4, -0.2) is 23.9 Å². The van der Waals surface area contributed by atoms with Crippen molar-refractivity contribution in [1.82, 2.24) is 14.8 Å². The third kappa shape index (κ3) is 5.06. The first kappa shape index (κ1) is 27.9. The molecular formula is C29H32N5ORh-. The Balaban J connectivity index is 0.00000117. The fraction of sp³-hybridized carbons (Fsp3) is 0.345. The fourth-order valence-corrected chi connectivity index (χ4v) is 4.30. The van der Waals surface area contributed by atoms with Crippen molar-refractivity contribution >= 4 is 33.2 Å². The first-order chi connectivity index (χ1) is 16.4. The van der Waals surface area contributed by atoms with Gasteiger partial charge in [-0.3, -0.25) is 0 Å². The topological polar surface area (TPSA) is 47.0 Å². The van der Waals surface area contributed by atoms with Gasteiger partial charge in [-0.1, -0.05) is 53.7 Å². The Bertz CT molecular complexity index is 1240. The van der Waals surface area contributed by atoms with Gasteiger partial charge >= 0.3 is 11.3 Å². The van der Waals surface area contributed by atoms with Gasteiger partial charge < -0.3 is 24.6 Å². The quantitative estimate of drug-likeness (QED) is 0.217. The Morgan fingerprint density at radius 2 is 1.03 bits per heavy atom. The van der Waals surface area contributed by atoms with Crippen molar-refractivity contribution in [1.29, 1.82) is 0 Å². The maximum Gasteiger partial charge on any atom is 0 e. The first-order valence-corrected chi connectivity index (χ1v) is 11.6. The zero-order valence-electron chi connectivity index (χ0n) is 22.1. The second-order valence-corrected chi connectivity index (χ2v) is 11.2. The third-order valence-electron chi connectivity index (χ3n) is 6.35. The molecule has 7 heteroatoms. The summed E-state index contributed by atoms with van der Waals surface area (Å²) in [6, 6.07) is 9.17. The van der Waals surface area contributed by atoms with E-state index >= 15 is 0 Å². The van der Waals surface area contributed by atoms with E-state index < -0.39 is 0 Å². The van der Waals surface area contributed by atoms with Gasteiger partial charge in [0.15, 0.2) is 0 Å². The minimum Gasteiger partial charge on any atom is 0 e. The van der Waals surface area contributed by atoms with E-state index in [4.69, 9.17) is 9.64 Å². The molecule has 0 aliphatic carbocycles. The molecule has 2 aromatic carbocycles. The maximum atomic E-state index is 7.50. The van der Waals surface area contributed by atoms with Crippen molar-refractivity contribution in [3.05, 3.63) is 80.2 Å². The SMILES string of the molecule is CN1[C]N(c2cc(C(C)(C)C)cc3c2[n-]c2c(N4[C]N(C)C=C4)cc(C(C)(C)C)cc23)C=C1.[C-]#[O+].[Rh].